The Bertz CT molecular complexity index is 1160. The fourth-order valence-electron chi connectivity index (χ4n) is 3.42. The minimum Gasteiger partial charge on any atom is -0.310 e. The van der Waals surface area contributed by atoms with Crippen LogP contribution in [0.1, 0.15) is 34.7 Å². The van der Waals surface area contributed by atoms with Gasteiger partial charge in [-0.1, -0.05) is 0 Å². The highest BCUT2D eigenvalue weighted by atomic mass is 19.4. The van der Waals surface area contributed by atoms with Gasteiger partial charge < -0.3 is 5.32 Å². The molecule has 3 aromatic rings. The number of carbonyl (C=O) groups is 1. The maximum absolute atomic E-state index is 14.5. The Hall–Kier alpha value is -3.50. The number of aryl methyl sites for hydroxylation is 1. The lowest BCUT2D eigenvalue weighted by atomic mass is 9.84. The van der Waals surface area contributed by atoms with Crippen molar-refractivity contribution >= 4 is 11.7 Å². The van der Waals surface area contributed by atoms with Crippen molar-refractivity contribution in [2.45, 2.75) is 25.4 Å². The van der Waals surface area contributed by atoms with Crippen molar-refractivity contribution in [2.75, 3.05) is 5.32 Å². The highest BCUT2D eigenvalue weighted by Crippen LogP contribution is 2.42. The lowest BCUT2D eigenvalue weighted by molar-refractivity contribution is -0.137. The Morgan fingerprint density at radius 1 is 1.17 bits per heavy atom. The highest BCUT2D eigenvalue weighted by Gasteiger charge is 2.37. The smallest absolute Gasteiger partial charge is 0.310 e. The molecular weight excluding hydrogens is 394 g/mol. The molecule has 1 unspecified atom stereocenters. The summed E-state index contributed by atoms with van der Waals surface area (Å²) in [6.07, 6.45) is -4.89. The summed E-state index contributed by atoms with van der Waals surface area (Å²) >= 11 is 0. The Morgan fingerprint density at radius 2 is 1.93 bits per heavy atom. The summed E-state index contributed by atoms with van der Waals surface area (Å²) in [6, 6.07) is 4.70. The summed E-state index contributed by atoms with van der Waals surface area (Å²) in [6.45, 7) is 1.59. The Labute approximate surface area is 160 Å². The number of carbonyl (C=O) groups excluding carboxylic acids is 1. The van der Waals surface area contributed by atoms with Gasteiger partial charge >= 0.3 is 6.18 Å². The minimum absolute atomic E-state index is 0.167. The van der Waals surface area contributed by atoms with Gasteiger partial charge in [0.25, 0.3) is 5.56 Å². The van der Waals surface area contributed by atoms with E-state index in [0.29, 0.717) is 17.3 Å². The lowest BCUT2D eigenvalue weighted by Gasteiger charge is -2.25. The van der Waals surface area contributed by atoms with Crippen molar-refractivity contribution in [2.24, 2.45) is 0 Å². The highest BCUT2D eigenvalue weighted by molar-refractivity contribution is 5.95. The lowest BCUT2D eigenvalue weighted by Crippen LogP contribution is -2.26. The number of benzene rings is 1. The molecule has 4 rings (SSSR count). The molecule has 0 radical (unpaired) electrons. The van der Waals surface area contributed by atoms with E-state index in [4.69, 9.17) is 0 Å². The molecule has 3 heterocycles. The standard InChI is InChI=1S/C18H13F4N5O2/c1-8-16-11(10-6-9(18(20,21)22)2-3-12(10)19)7-15(29)23-17(16)27(26-8)13-4-5-14(28)25-24-13/h2-6,11H,7H2,1H3,(H,23,29)(H,25,28). The number of aromatic amines is 1. The first-order valence-corrected chi connectivity index (χ1v) is 8.47. The number of halogens is 4. The molecule has 0 aliphatic carbocycles. The van der Waals surface area contributed by atoms with Crippen molar-refractivity contribution < 1.29 is 22.4 Å². The van der Waals surface area contributed by atoms with Gasteiger partial charge in [0, 0.05) is 24.0 Å². The van der Waals surface area contributed by atoms with E-state index in [1.54, 1.807) is 6.92 Å². The number of amides is 1. The van der Waals surface area contributed by atoms with Crippen molar-refractivity contribution in [3.05, 3.63) is 68.9 Å². The molecule has 0 saturated carbocycles. The molecule has 150 valence electrons. The van der Waals surface area contributed by atoms with Crippen LogP contribution in [-0.4, -0.2) is 25.9 Å². The fourth-order valence-corrected chi connectivity index (χ4v) is 3.42. The van der Waals surface area contributed by atoms with Gasteiger partial charge in [-0.25, -0.2) is 9.49 Å². The molecule has 1 atom stereocenters. The second-order valence-corrected chi connectivity index (χ2v) is 6.58. The molecular formula is C18H13F4N5O2. The van der Waals surface area contributed by atoms with E-state index in [1.807, 2.05) is 0 Å². The molecule has 0 fully saturated rings. The molecule has 1 aromatic carbocycles. The third-order valence-corrected chi connectivity index (χ3v) is 4.68. The summed E-state index contributed by atoms with van der Waals surface area (Å²) in [7, 11) is 0. The second kappa shape index (κ2) is 6.54. The number of hydrogen-bond donors (Lipinski definition) is 2. The maximum Gasteiger partial charge on any atom is 0.416 e. The normalized spacial score (nSPS) is 16.4. The second-order valence-electron chi connectivity index (χ2n) is 6.58. The van der Waals surface area contributed by atoms with Gasteiger partial charge in [-0.05, 0) is 36.8 Å². The molecule has 1 aliphatic heterocycles. The molecule has 7 nitrogen and oxygen atoms in total. The average Bonchev–Trinajstić information content (AvgIpc) is 2.97. The van der Waals surface area contributed by atoms with Crippen LogP contribution in [0.15, 0.2) is 35.1 Å². The Morgan fingerprint density at radius 3 is 2.59 bits per heavy atom. The fraction of sp³-hybridized carbons (Fsp3) is 0.222. The van der Waals surface area contributed by atoms with Crippen molar-refractivity contribution in [1.82, 2.24) is 20.0 Å². The molecule has 1 amide bonds. The summed E-state index contributed by atoms with van der Waals surface area (Å²) in [5.74, 6) is -1.97. The predicted molar refractivity (Wildman–Crippen MR) is 93.2 cm³/mol. The number of alkyl halides is 3. The van der Waals surface area contributed by atoms with E-state index in [9.17, 15) is 27.2 Å². The van der Waals surface area contributed by atoms with E-state index in [-0.39, 0.29) is 23.6 Å². The van der Waals surface area contributed by atoms with E-state index in [2.05, 4.69) is 20.6 Å². The van der Waals surface area contributed by atoms with E-state index in [0.717, 1.165) is 12.1 Å². The first kappa shape index (κ1) is 18.8. The summed E-state index contributed by atoms with van der Waals surface area (Å²) in [5, 5.41) is 13.0. The van der Waals surface area contributed by atoms with Crippen molar-refractivity contribution in [3.63, 3.8) is 0 Å². The number of H-pyrrole nitrogens is 1. The van der Waals surface area contributed by atoms with Crippen LogP contribution >= 0.6 is 0 Å². The summed E-state index contributed by atoms with van der Waals surface area (Å²) < 4.78 is 55.1. The van der Waals surface area contributed by atoms with Crippen LogP contribution in [0.3, 0.4) is 0 Å². The molecule has 2 aromatic heterocycles. The molecule has 2 N–H and O–H groups in total. The van der Waals surface area contributed by atoms with Crippen LogP contribution in [0.2, 0.25) is 0 Å². The minimum atomic E-state index is -4.65. The van der Waals surface area contributed by atoms with Gasteiger partial charge in [0.05, 0.1) is 11.3 Å². The molecule has 29 heavy (non-hydrogen) atoms. The molecule has 1 aliphatic rings. The van der Waals surface area contributed by atoms with E-state index >= 15 is 0 Å². The van der Waals surface area contributed by atoms with Gasteiger partial charge in [-0.2, -0.15) is 28.1 Å². The van der Waals surface area contributed by atoms with E-state index in [1.165, 1.54) is 16.8 Å². The van der Waals surface area contributed by atoms with Gasteiger partial charge in [0.1, 0.15) is 11.6 Å². The van der Waals surface area contributed by atoms with E-state index < -0.39 is 34.9 Å². The monoisotopic (exact) mass is 407 g/mol. The third-order valence-electron chi connectivity index (χ3n) is 4.68. The first-order chi connectivity index (χ1) is 13.6. The number of aromatic nitrogens is 4. The topological polar surface area (TPSA) is 92.7 Å². The largest absolute Gasteiger partial charge is 0.416 e. The quantitative estimate of drug-likeness (QED) is 0.639. The van der Waals surface area contributed by atoms with Crippen LogP contribution in [0, 0.1) is 12.7 Å². The average molecular weight is 407 g/mol. The Balaban J connectivity index is 1.89. The van der Waals surface area contributed by atoms with Crippen LogP contribution in [0.25, 0.3) is 5.82 Å². The van der Waals surface area contributed by atoms with Gasteiger partial charge in [0.2, 0.25) is 5.91 Å². The zero-order valence-corrected chi connectivity index (χ0v) is 14.8. The maximum atomic E-state index is 14.5. The number of nitrogens with one attached hydrogen (secondary N) is 2. The van der Waals surface area contributed by atoms with Crippen molar-refractivity contribution in [1.29, 1.82) is 0 Å². The van der Waals surface area contributed by atoms with Crippen LogP contribution < -0.4 is 10.9 Å². The number of anilines is 1. The predicted octanol–water partition coefficient (Wildman–Crippen LogP) is 2.90. The number of hydrogen-bond acceptors (Lipinski definition) is 4. The molecule has 0 bridgehead atoms. The molecule has 0 spiro atoms. The molecule has 11 heteroatoms. The third kappa shape index (κ3) is 3.28. The first-order valence-electron chi connectivity index (χ1n) is 8.47. The van der Waals surface area contributed by atoms with Crippen LogP contribution in [0.5, 0.6) is 0 Å². The summed E-state index contributed by atoms with van der Waals surface area (Å²) in [4.78, 5) is 23.5. The number of nitrogens with zero attached hydrogens (tertiary/aromatic N) is 3. The number of fused-ring (bicyclic) bond motifs is 1. The van der Waals surface area contributed by atoms with Gasteiger partial charge in [0.15, 0.2) is 5.82 Å². The van der Waals surface area contributed by atoms with Gasteiger partial charge in [-0.3, -0.25) is 9.59 Å². The Kier molecular flexibility index (Phi) is 4.25. The van der Waals surface area contributed by atoms with Crippen molar-refractivity contribution in [3.8, 4) is 5.82 Å². The van der Waals surface area contributed by atoms with Gasteiger partial charge in [-0.15, -0.1) is 0 Å². The van der Waals surface area contributed by atoms with Crippen LogP contribution in [0.4, 0.5) is 23.4 Å². The SMILES string of the molecule is Cc1nn(-c2ccc(=O)[nH]n2)c2c1C(c1cc(C(F)(F)F)ccc1F)CC(=O)N2. The van der Waals surface area contributed by atoms with Crippen LogP contribution in [-0.2, 0) is 11.0 Å². The zero-order valence-electron chi connectivity index (χ0n) is 14.8. The number of rotatable bonds is 2. The zero-order chi connectivity index (χ0) is 20.9. The summed E-state index contributed by atoms with van der Waals surface area (Å²) in [5.41, 5.74) is -0.924. The molecule has 0 saturated heterocycles.